The fourth-order valence-electron chi connectivity index (χ4n) is 3.21. The quantitative estimate of drug-likeness (QED) is 0.797. The van der Waals surface area contributed by atoms with Crippen LogP contribution in [0.1, 0.15) is 43.0 Å². The molecule has 2 heterocycles. The van der Waals surface area contributed by atoms with E-state index in [1.807, 2.05) is 13.0 Å². The van der Waals surface area contributed by atoms with Gasteiger partial charge in [0.25, 0.3) is 0 Å². The van der Waals surface area contributed by atoms with Crippen LogP contribution < -0.4 is 10.1 Å². The van der Waals surface area contributed by atoms with Crippen LogP contribution in [-0.2, 0) is 37.3 Å². The summed E-state index contributed by atoms with van der Waals surface area (Å²) in [6, 6.07) is 6.73. The number of rotatable bonds is 8. The van der Waals surface area contributed by atoms with Gasteiger partial charge in [-0.05, 0) is 31.0 Å². The Hall–Kier alpha value is -1.92. The number of hydrogen-bond donors (Lipinski definition) is 1. The maximum absolute atomic E-state index is 5.54. The fraction of sp³-hybridized carbons (Fsp3) is 0.579. The van der Waals surface area contributed by atoms with Gasteiger partial charge < -0.3 is 14.8 Å². The third-order valence-corrected chi connectivity index (χ3v) is 4.62. The highest BCUT2D eigenvalue weighted by molar-refractivity contribution is 5.37. The van der Waals surface area contributed by atoms with E-state index in [0.29, 0.717) is 19.3 Å². The lowest BCUT2D eigenvalue weighted by Crippen LogP contribution is -2.37. The van der Waals surface area contributed by atoms with E-state index in [-0.39, 0.29) is 0 Å². The van der Waals surface area contributed by atoms with Crippen molar-refractivity contribution < 1.29 is 9.47 Å². The Balaban J connectivity index is 1.60. The molecule has 0 aliphatic carbocycles. The Kier molecular flexibility index (Phi) is 6.04. The Bertz CT molecular complexity index is 699. The first-order valence-electron chi connectivity index (χ1n) is 9.13. The molecule has 1 unspecified atom stereocenters. The number of aromatic nitrogens is 3. The third-order valence-electron chi connectivity index (χ3n) is 4.62. The predicted octanol–water partition coefficient (Wildman–Crippen LogP) is 2.49. The summed E-state index contributed by atoms with van der Waals surface area (Å²) in [7, 11) is 1.70. The summed E-state index contributed by atoms with van der Waals surface area (Å²) in [6.45, 7) is 7.11. The monoisotopic (exact) mass is 344 g/mol. The number of hydrogen-bond acceptors (Lipinski definition) is 5. The molecule has 2 aromatic rings. The molecule has 1 aliphatic rings. The third kappa shape index (κ3) is 4.38. The van der Waals surface area contributed by atoms with Gasteiger partial charge in [-0.1, -0.05) is 13.0 Å². The fourth-order valence-corrected chi connectivity index (χ4v) is 3.21. The smallest absolute Gasteiger partial charge is 0.150 e. The molecule has 1 N–H and O–H groups in total. The highest BCUT2D eigenvalue weighted by Crippen LogP contribution is 2.21. The van der Waals surface area contributed by atoms with Gasteiger partial charge in [0.15, 0.2) is 5.82 Å². The van der Waals surface area contributed by atoms with Gasteiger partial charge >= 0.3 is 0 Å². The summed E-state index contributed by atoms with van der Waals surface area (Å²) in [5, 5.41) is 8.23. The van der Waals surface area contributed by atoms with E-state index in [1.165, 1.54) is 5.56 Å². The van der Waals surface area contributed by atoms with E-state index in [1.54, 1.807) is 7.11 Å². The Morgan fingerprint density at radius 2 is 2.20 bits per heavy atom. The molecule has 1 aliphatic heterocycles. The first kappa shape index (κ1) is 17.9. The molecule has 1 atom stereocenters. The van der Waals surface area contributed by atoms with Crippen LogP contribution in [0.5, 0.6) is 5.75 Å². The van der Waals surface area contributed by atoms with Crippen LogP contribution in [0.4, 0.5) is 0 Å². The van der Waals surface area contributed by atoms with E-state index in [0.717, 1.165) is 55.3 Å². The van der Waals surface area contributed by atoms with Gasteiger partial charge in [-0.2, -0.15) is 5.10 Å². The highest BCUT2D eigenvalue weighted by Gasteiger charge is 2.20. The Labute approximate surface area is 149 Å². The largest absolute Gasteiger partial charge is 0.496 e. The van der Waals surface area contributed by atoms with Crippen molar-refractivity contribution in [3.8, 4) is 5.75 Å². The SMILES string of the molecule is CCOCc1cc(CNC2CCc3nc(CC)nn3C2)ccc1OC. The van der Waals surface area contributed by atoms with Crippen LogP contribution in [0.25, 0.3) is 0 Å². The lowest BCUT2D eigenvalue weighted by atomic mass is 10.1. The maximum Gasteiger partial charge on any atom is 0.150 e. The zero-order chi connectivity index (χ0) is 17.6. The molecule has 6 heteroatoms. The van der Waals surface area contributed by atoms with Crippen molar-refractivity contribution in [1.82, 2.24) is 20.1 Å². The standard InChI is InChI=1S/C19H28N4O2/c1-4-18-21-19-9-7-16(12-23(19)22-18)20-11-14-6-8-17(24-3)15(10-14)13-25-5-2/h6,8,10,16,20H,4-5,7,9,11-13H2,1-3H3. The minimum Gasteiger partial charge on any atom is -0.496 e. The molecule has 0 bridgehead atoms. The van der Waals surface area contributed by atoms with Crippen molar-refractivity contribution >= 4 is 0 Å². The van der Waals surface area contributed by atoms with Crippen molar-refractivity contribution in [2.24, 2.45) is 0 Å². The second-order valence-electron chi connectivity index (χ2n) is 6.38. The van der Waals surface area contributed by atoms with Crippen molar-refractivity contribution in [2.45, 2.75) is 58.8 Å². The zero-order valence-electron chi connectivity index (χ0n) is 15.4. The van der Waals surface area contributed by atoms with Crippen LogP contribution >= 0.6 is 0 Å². The summed E-state index contributed by atoms with van der Waals surface area (Å²) in [6.07, 6.45) is 2.99. The lowest BCUT2D eigenvalue weighted by Gasteiger charge is -2.24. The second kappa shape index (κ2) is 8.45. The normalized spacial score (nSPS) is 16.7. The molecule has 0 fully saturated rings. The molecule has 0 saturated carbocycles. The molecule has 0 amide bonds. The second-order valence-corrected chi connectivity index (χ2v) is 6.38. The molecule has 3 rings (SSSR count). The highest BCUT2D eigenvalue weighted by atomic mass is 16.5. The summed E-state index contributed by atoms with van der Waals surface area (Å²) >= 11 is 0. The van der Waals surface area contributed by atoms with E-state index >= 15 is 0 Å². The molecule has 136 valence electrons. The van der Waals surface area contributed by atoms with Crippen LogP contribution in [0.3, 0.4) is 0 Å². The number of methoxy groups -OCH3 is 1. The first-order valence-corrected chi connectivity index (χ1v) is 9.13. The van der Waals surface area contributed by atoms with Crippen molar-refractivity contribution in [3.63, 3.8) is 0 Å². The van der Waals surface area contributed by atoms with Crippen molar-refractivity contribution in [3.05, 3.63) is 41.0 Å². The average Bonchev–Trinajstić information content (AvgIpc) is 3.07. The summed E-state index contributed by atoms with van der Waals surface area (Å²) in [5.41, 5.74) is 2.34. The van der Waals surface area contributed by atoms with E-state index in [4.69, 9.17) is 9.47 Å². The van der Waals surface area contributed by atoms with Gasteiger partial charge in [-0.15, -0.1) is 0 Å². The molecular formula is C19H28N4O2. The van der Waals surface area contributed by atoms with Gasteiger partial charge in [-0.25, -0.2) is 9.67 Å². The van der Waals surface area contributed by atoms with E-state index < -0.39 is 0 Å². The van der Waals surface area contributed by atoms with Gasteiger partial charge in [-0.3, -0.25) is 0 Å². The molecular weight excluding hydrogens is 316 g/mol. The predicted molar refractivity (Wildman–Crippen MR) is 96.7 cm³/mol. The summed E-state index contributed by atoms with van der Waals surface area (Å²) in [5.74, 6) is 2.96. The van der Waals surface area contributed by atoms with E-state index in [9.17, 15) is 0 Å². The van der Waals surface area contributed by atoms with Crippen LogP contribution in [0.2, 0.25) is 0 Å². The number of nitrogens with zero attached hydrogens (tertiary/aromatic N) is 3. The Morgan fingerprint density at radius 1 is 1.32 bits per heavy atom. The number of fused-ring (bicyclic) bond motifs is 1. The number of aryl methyl sites for hydroxylation is 2. The van der Waals surface area contributed by atoms with Gasteiger partial charge in [0.05, 0.1) is 20.3 Å². The van der Waals surface area contributed by atoms with Crippen LogP contribution in [0.15, 0.2) is 18.2 Å². The topological polar surface area (TPSA) is 61.2 Å². The molecule has 25 heavy (non-hydrogen) atoms. The van der Waals surface area contributed by atoms with Gasteiger partial charge in [0.1, 0.15) is 11.6 Å². The van der Waals surface area contributed by atoms with E-state index in [2.05, 4.69) is 39.1 Å². The molecule has 0 saturated heterocycles. The van der Waals surface area contributed by atoms with Gasteiger partial charge in [0, 0.05) is 37.6 Å². The number of ether oxygens (including phenoxy) is 2. The Morgan fingerprint density at radius 3 is 2.96 bits per heavy atom. The van der Waals surface area contributed by atoms with Gasteiger partial charge in [0.2, 0.25) is 0 Å². The minimum atomic E-state index is 0.427. The molecule has 0 radical (unpaired) electrons. The molecule has 1 aromatic carbocycles. The maximum atomic E-state index is 5.54. The molecule has 0 spiro atoms. The van der Waals surface area contributed by atoms with Crippen molar-refractivity contribution in [1.29, 1.82) is 0 Å². The van der Waals surface area contributed by atoms with Crippen LogP contribution in [0, 0.1) is 0 Å². The first-order chi connectivity index (χ1) is 12.2. The van der Waals surface area contributed by atoms with Crippen molar-refractivity contribution in [2.75, 3.05) is 13.7 Å². The summed E-state index contributed by atoms with van der Waals surface area (Å²) in [4.78, 5) is 4.58. The zero-order valence-corrected chi connectivity index (χ0v) is 15.4. The molecule has 6 nitrogen and oxygen atoms in total. The average molecular weight is 344 g/mol. The molecule has 1 aromatic heterocycles. The minimum absolute atomic E-state index is 0.427. The lowest BCUT2D eigenvalue weighted by molar-refractivity contribution is 0.132. The number of nitrogens with one attached hydrogen (secondary N) is 1. The number of benzene rings is 1. The van der Waals surface area contributed by atoms with Crippen LogP contribution in [-0.4, -0.2) is 34.5 Å². The summed E-state index contributed by atoms with van der Waals surface area (Å²) < 4.78 is 13.0.